The van der Waals surface area contributed by atoms with Gasteiger partial charge in [-0.2, -0.15) is 0 Å². The van der Waals surface area contributed by atoms with Gasteiger partial charge in [0.1, 0.15) is 29.3 Å². The topological polar surface area (TPSA) is 103 Å². The zero-order valence-electron chi connectivity index (χ0n) is 19.9. The van der Waals surface area contributed by atoms with Crippen molar-refractivity contribution < 1.29 is 14.6 Å². The lowest BCUT2D eigenvalue weighted by molar-refractivity contribution is 0.104. The summed E-state index contributed by atoms with van der Waals surface area (Å²) in [6.07, 6.45) is 5.08. The van der Waals surface area contributed by atoms with E-state index in [0.717, 1.165) is 19.4 Å². The van der Waals surface area contributed by atoms with Crippen LogP contribution in [0.15, 0.2) is 61.1 Å². The number of nitrogens with zero attached hydrogens (tertiary/aromatic N) is 3. The Morgan fingerprint density at radius 3 is 2.69 bits per heavy atom. The molecule has 5 rings (SSSR count). The molecular formula is C27H28ClN5O3. The summed E-state index contributed by atoms with van der Waals surface area (Å²) in [6.45, 7) is 3.79. The van der Waals surface area contributed by atoms with Gasteiger partial charge in [0, 0.05) is 36.5 Å². The van der Waals surface area contributed by atoms with E-state index in [-0.39, 0.29) is 24.5 Å². The van der Waals surface area contributed by atoms with E-state index < -0.39 is 0 Å². The van der Waals surface area contributed by atoms with Gasteiger partial charge in [0.05, 0.1) is 22.6 Å². The number of likely N-dealkylation sites (tertiary alicyclic amines) is 1. The van der Waals surface area contributed by atoms with Crippen molar-refractivity contribution in [2.24, 2.45) is 0 Å². The summed E-state index contributed by atoms with van der Waals surface area (Å²) >= 11 is 6.52. The molecule has 9 heteroatoms. The Hall–Kier alpha value is -3.46. The number of ketones is 1. The highest BCUT2D eigenvalue weighted by molar-refractivity contribution is 6.35. The molecule has 1 aliphatic rings. The molecule has 2 aromatic heterocycles. The van der Waals surface area contributed by atoms with E-state index in [1.54, 1.807) is 24.4 Å². The number of para-hydroxylation sites is 1. The predicted octanol–water partition coefficient (Wildman–Crippen LogP) is 4.89. The Bertz CT molecular complexity index is 1360. The predicted molar refractivity (Wildman–Crippen MR) is 140 cm³/mol. The van der Waals surface area contributed by atoms with E-state index >= 15 is 0 Å². The average Bonchev–Trinajstić information content (AvgIpc) is 3.52. The third-order valence-corrected chi connectivity index (χ3v) is 7.04. The van der Waals surface area contributed by atoms with E-state index in [0.29, 0.717) is 51.0 Å². The number of ether oxygens (including phenoxy) is 1. The first-order chi connectivity index (χ1) is 17.6. The number of hydrogen-bond acceptors (Lipinski definition) is 7. The number of carbonyl (C=O) groups is 1. The minimum absolute atomic E-state index is 0.161. The van der Waals surface area contributed by atoms with Crippen molar-refractivity contribution in [3.05, 3.63) is 77.2 Å². The molecule has 36 heavy (non-hydrogen) atoms. The fourth-order valence-electron chi connectivity index (χ4n) is 4.95. The zero-order valence-corrected chi connectivity index (χ0v) is 20.7. The number of nitrogens with one attached hydrogen (secondary N) is 2. The van der Waals surface area contributed by atoms with Crippen LogP contribution in [0.2, 0.25) is 5.02 Å². The minimum atomic E-state index is -0.230. The van der Waals surface area contributed by atoms with Crippen LogP contribution in [0.1, 0.15) is 35.7 Å². The summed E-state index contributed by atoms with van der Waals surface area (Å²) in [5.41, 5.74) is 1.38. The summed E-state index contributed by atoms with van der Waals surface area (Å²) in [5, 5.41) is 14.0. The second kappa shape index (κ2) is 10.7. The number of anilines is 1. The van der Waals surface area contributed by atoms with Crippen molar-refractivity contribution in [2.75, 3.05) is 25.0 Å². The molecular weight excluding hydrogens is 478 g/mol. The van der Waals surface area contributed by atoms with Crippen LogP contribution in [-0.4, -0.2) is 62.5 Å². The highest BCUT2D eigenvalue weighted by Crippen LogP contribution is 2.32. The van der Waals surface area contributed by atoms with E-state index in [1.165, 1.54) is 6.33 Å². The lowest BCUT2D eigenvalue weighted by Crippen LogP contribution is -2.41. The molecule has 1 aliphatic heterocycles. The molecule has 0 radical (unpaired) electrons. The molecule has 3 N–H and O–H groups in total. The number of H-pyrrole nitrogens is 1. The van der Waals surface area contributed by atoms with Crippen LogP contribution in [0.5, 0.6) is 11.5 Å². The molecule has 0 amide bonds. The van der Waals surface area contributed by atoms with Crippen LogP contribution < -0.4 is 10.1 Å². The van der Waals surface area contributed by atoms with E-state index in [4.69, 9.17) is 16.3 Å². The zero-order chi connectivity index (χ0) is 25.1. The average molecular weight is 506 g/mol. The minimum Gasteiger partial charge on any atom is -0.457 e. The second-order valence-electron chi connectivity index (χ2n) is 8.81. The fourth-order valence-corrected chi connectivity index (χ4v) is 5.21. The monoisotopic (exact) mass is 505 g/mol. The van der Waals surface area contributed by atoms with Gasteiger partial charge in [-0.15, -0.1) is 0 Å². The van der Waals surface area contributed by atoms with E-state index in [9.17, 15) is 9.90 Å². The van der Waals surface area contributed by atoms with Crippen LogP contribution in [0.4, 0.5) is 5.82 Å². The maximum Gasteiger partial charge on any atom is 0.196 e. The Kier molecular flexibility index (Phi) is 7.18. The first-order valence-corrected chi connectivity index (χ1v) is 12.5. The Morgan fingerprint density at radius 2 is 1.94 bits per heavy atom. The Labute approximate surface area is 214 Å². The summed E-state index contributed by atoms with van der Waals surface area (Å²) in [7, 11) is 0. The Balaban J connectivity index is 1.38. The number of rotatable bonds is 9. The molecule has 4 aromatic rings. The van der Waals surface area contributed by atoms with Crippen LogP contribution in [-0.2, 0) is 0 Å². The first kappa shape index (κ1) is 24.2. The van der Waals surface area contributed by atoms with Crippen molar-refractivity contribution in [1.82, 2.24) is 19.9 Å². The van der Waals surface area contributed by atoms with Crippen molar-refractivity contribution in [2.45, 2.75) is 31.8 Å². The summed E-state index contributed by atoms with van der Waals surface area (Å²) in [4.78, 5) is 27.7. The van der Waals surface area contributed by atoms with Crippen molar-refractivity contribution in [3.63, 3.8) is 0 Å². The normalized spacial score (nSPS) is 18.0. The van der Waals surface area contributed by atoms with Gasteiger partial charge >= 0.3 is 0 Å². The number of fused-ring (bicyclic) bond motifs is 1. The molecule has 0 aliphatic carbocycles. The molecule has 8 nitrogen and oxygen atoms in total. The number of aliphatic hydroxyl groups excluding tert-OH is 1. The Morgan fingerprint density at radius 1 is 1.14 bits per heavy atom. The number of carbonyl (C=O) groups excluding carboxylic acids is 1. The van der Waals surface area contributed by atoms with Gasteiger partial charge in [0.15, 0.2) is 5.78 Å². The van der Waals surface area contributed by atoms with Crippen molar-refractivity contribution in [3.8, 4) is 11.5 Å². The smallest absolute Gasteiger partial charge is 0.196 e. The molecule has 3 heterocycles. The molecule has 0 bridgehead atoms. The number of aromatic nitrogens is 3. The van der Waals surface area contributed by atoms with Crippen LogP contribution in [0.25, 0.3) is 11.0 Å². The highest BCUT2D eigenvalue weighted by Gasteiger charge is 2.31. The van der Waals surface area contributed by atoms with Crippen LogP contribution in [0, 0.1) is 0 Å². The van der Waals surface area contributed by atoms with Crippen LogP contribution >= 0.6 is 11.6 Å². The highest BCUT2D eigenvalue weighted by atomic mass is 35.5. The summed E-state index contributed by atoms with van der Waals surface area (Å²) in [5.74, 6) is 1.59. The maximum absolute atomic E-state index is 13.5. The number of aromatic amines is 1. The van der Waals surface area contributed by atoms with Crippen molar-refractivity contribution >= 4 is 34.2 Å². The number of hydrogen-bond donors (Lipinski definition) is 3. The molecule has 2 aromatic carbocycles. The van der Waals surface area contributed by atoms with Crippen LogP contribution in [0.3, 0.4) is 0 Å². The van der Waals surface area contributed by atoms with Gasteiger partial charge in [-0.25, -0.2) is 9.97 Å². The summed E-state index contributed by atoms with van der Waals surface area (Å²) in [6, 6.07) is 14.9. The quantitative estimate of drug-likeness (QED) is 0.278. The number of benzene rings is 2. The van der Waals surface area contributed by atoms with Gasteiger partial charge in [-0.05, 0) is 43.7 Å². The lowest BCUT2D eigenvalue weighted by Gasteiger charge is -2.28. The lowest BCUT2D eigenvalue weighted by atomic mass is 10.0. The van der Waals surface area contributed by atoms with Crippen molar-refractivity contribution in [1.29, 1.82) is 0 Å². The first-order valence-electron chi connectivity index (χ1n) is 12.1. The number of aliphatic hydroxyl groups is 1. The van der Waals surface area contributed by atoms with Gasteiger partial charge < -0.3 is 20.1 Å². The standard InChI is InChI=1S/C27H28ClN5O3/c1-2-33-17(8-9-18(33)15-34)13-29-26-24-22(14-30-27(24)32-16-31-26)25(35)21-11-10-20(12-23(21)28)36-19-6-4-3-5-7-19/h3-7,10-12,14,16-18,34H,2,8-9,13,15H2,1H3,(H2,29,30,31,32). The number of halogens is 1. The van der Waals surface area contributed by atoms with E-state index in [2.05, 4.69) is 32.1 Å². The molecule has 1 saturated heterocycles. The van der Waals surface area contributed by atoms with Gasteiger partial charge in [-0.1, -0.05) is 36.7 Å². The fraction of sp³-hybridized carbons (Fsp3) is 0.296. The second-order valence-corrected chi connectivity index (χ2v) is 9.22. The SMILES string of the molecule is CCN1C(CO)CCC1CNc1ncnc2[nH]cc(C(=O)c3ccc(Oc4ccccc4)cc3Cl)c12. The third kappa shape index (κ3) is 4.80. The molecule has 2 unspecified atom stereocenters. The van der Waals surface area contributed by atoms with E-state index in [1.807, 2.05) is 30.3 Å². The number of likely N-dealkylation sites (N-methyl/N-ethyl adjacent to an activating group) is 1. The molecule has 0 spiro atoms. The largest absolute Gasteiger partial charge is 0.457 e. The molecule has 2 atom stereocenters. The summed E-state index contributed by atoms with van der Waals surface area (Å²) < 4.78 is 5.84. The van der Waals surface area contributed by atoms with Gasteiger partial charge in [-0.3, -0.25) is 9.69 Å². The third-order valence-electron chi connectivity index (χ3n) is 6.73. The molecule has 186 valence electrons. The molecule has 0 saturated carbocycles. The molecule has 1 fully saturated rings. The van der Waals surface area contributed by atoms with Gasteiger partial charge in [0.2, 0.25) is 0 Å². The van der Waals surface area contributed by atoms with Gasteiger partial charge in [0.25, 0.3) is 0 Å². The maximum atomic E-state index is 13.5.